The van der Waals surface area contributed by atoms with E-state index in [2.05, 4.69) is 83.4 Å². The van der Waals surface area contributed by atoms with Crippen molar-refractivity contribution >= 4 is 43.7 Å². The van der Waals surface area contributed by atoms with Gasteiger partial charge >= 0.3 is 0 Å². The van der Waals surface area contributed by atoms with E-state index < -0.39 is 0 Å². The van der Waals surface area contributed by atoms with Crippen LogP contribution in [0.4, 0.5) is 0 Å². The normalized spacial score (nSPS) is 11.6. The number of para-hydroxylation sites is 2. The molecular weight excluding hydrogens is 615 g/mol. The highest BCUT2D eigenvalue weighted by atomic mass is 16.3. The quantitative estimate of drug-likeness (QED) is 0.187. The van der Waals surface area contributed by atoms with E-state index in [0.29, 0.717) is 23.2 Å². The van der Waals surface area contributed by atoms with Gasteiger partial charge in [-0.15, -0.1) is 0 Å². The standard InChI is InChI=1S/C44H27N5O/c1-3-11-28(12-4-1)42-46-43(29-13-5-2-6-14-29)48-44(47-42)37-23-21-32(27-45-37)49-38-17-9-7-15-33(38)36-25-30(20-24-39(36)49)31-19-22-35-34-16-8-10-18-40(34)50-41(35)26-31/h1-27H. The second-order valence-electron chi connectivity index (χ2n) is 12.3. The predicted octanol–water partition coefficient (Wildman–Crippen LogP) is 10.9. The molecule has 6 nitrogen and oxygen atoms in total. The molecule has 0 aliphatic heterocycles. The lowest BCUT2D eigenvalue weighted by atomic mass is 10.0. The first-order valence-corrected chi connectivity index (χ1v) is 16.6. The molecule has 10 rings (SSSR count). The van der Waals surface area contributed by atoms with Gasteiger partial charge in [-0.05, 0) is 59.7 Å². The van der Waals surface area contributed by atoms with Crippen LogP contribution in [0.15, 0.2) is 168 Å². The van der Waals surface area contributed by atoms with E-state index in [0.717, 1.165) is 60.9 Å². The number of hydrogen-bond acceptors (Lipinski definition) is 5. The van der Waals surface area contributed by atoms with Gasteiger partial charge in [0.25, 0.3) is 0 Å². The monoisotopic (exact) mass is 641 g/mol. The van der Waals surface area contributed by atoms with Gasteiger partial charge in [-0.2, -0.15) is 0 Å². The van der Waals surface area contributed by atoms with Crippen molar-refractivity contribution < 1.29 is 4.42 Å². The number of rotatable bonds is 5. The Labute approximate surface area is 287 Å². The van der Waals surface area contributed by atoms with Crippen LogP contribution in [0.25, 0.3) is 94.9 Å². The molecule has 0 aliphatic carbocycles. The van der Waals surface area contributed by atoms with Crippen molar-refractivity contribution in [1.82, 2.24) is 24.5 Å². The number of fused-ring (bicyclic) bond motifs is 6. The second kappa shape index (κ2) is 11.4. The van der Waals surface area contributed by atoms with Crippen molar-refractivity contribution in [3.63, 3.8) is 0 Å². The SMILES string of the molecule is c1ccc(-c2nc(-c3ccccc3)nc(-c3ccc(-n4c5ccccc5c5cc(-c6ccc7c(c6)oc6ccccc67)ccc54)cn3)n2)cc1. The molecule has 0 radical (unpaired) electrons. The van der Waals surface area contributed by atoms with Gasteiger partial charge < -0.3 is 8.98 Å². The summed E-state index contributed by atoms with van der Waals surface area (Å²) in [6, 6.07) is 53.9. The van der Waals surface area contributed by atoms with E-state index in [9.17, 15) is 0 Å². The highest BCUT2D eigenvalue weighted by Gasteiger charge is 2.17. The minimum atomic E-state index is 0.526. The summed E-state index contributed by atoms with van der Waals surface area (Å²) in [6.07, 6.45) is 1.90. The maximum absolute atomic E-state index is 6.21. The summed E-state index contributed by atoms with van der Waals surface area (Å²) in [5.74, 6) is 1.74. The molecule has 50 heavy (non-hydrogen) atoms. The van der Waals surface area contributed by atoms with Gasteiger partial charge in [0, 0.05) is 32.7 Å². The smallest absolute Gasteiger partial charge is 0.182 e. The highest BCUT2D eigenvalue weighted by Crippen LogP contribution is 2.37. The number of nitrogens with zero attached hydrogens (tertiary/aromatic N) is 5. The number of benzene rings is 6. The fourth-order valence-electron chi connectivity index (χ4n) is 6.91. The molecule has 0 bridgehead atoms. The Morgan fingerprint density at radius 1 is 0.400 bits per heavy atom. The van der Waals surface area contributed by atoms with Crippen LogP contribution < -0.4 is 0 Å². The van der Waals surface area contributed by atoms with Crippen LogP contribution in [0, 0.1) is 0 Å². The third kappa shape index (κ3) is 4.65. The number of hydrogen-bond donors (Lipinski definition) is 0. The topological polar surface area (TPSA) is 69.6 Å². The number of furan rings is 1. The van der Waals surface area contributed by atoms with E-state index in [-0.39, 0.29) is 0 Å². The van der Waals surface area contributed by atoms with Gasteiger partial charge in [0.2, 0.25) is 0 Å². The summed E-state index contributed by atoms with van der Waals surface area (Å²) < 4.78 is 8.48. The van der Waals surface area contributed by atoms with Crippen LogP contribution >= 0.6 is 0 Å². The molecule has 0 aliphatic rings. The second-order valence-corrected chi connectivity index (χ2v) is 12.3. The molecule has 4 heterocycles. The van der Waals surface area contributed by atoms with Crippen molar-refractivity contribution in [3.8, 4) is 51.1 Å². The van der Waals surface area contributed by atoms with Crippen LogP contribution in [-0.2, 0) is 0 Å². The third-order valence-electron chi connectivity index (χ3n) is 9.32. The van der Waals surface area contributed by atoms with Crippen LogP contribution in [0.3, 0.4) is 0 Å². The molecule has 0 amide bonds. The Hall–Kier alpha value is -6.92. The lowest BCUT2D eigenvalue weighted by Gasteiger charge is -2.10. The van der Waals surface area contributed by atoms with Crippen molar-refractivity contribution in [3.05, 3.63) is 164 Å². The summed E-state index contributed by atoms with van der Waals surface area (Å²) in [5, 5.41) is 4.61. The van der Waals surface area contributed by atoms with E-state index in [1.165, 1.54) is 10.8 Å². The lowest BCUT2D eigenvalue weighted by molar-refractivity contribution is 0.669. The summed E-state index contributed by atoms with van der Waals surface area (Å²) in [5.41, 5.74) is 9.74. The van der Waals surface area contributed by atoms with Crippen molar-refractivity contribution in [2.24, 2.45) is 0 Å². The zero-order valence-electron chi connectivity index (χ0n) is 26.7. The van der Waals surface area contributed by atoms with E-state index in [1.807, 2.05) is 85.1 Å². The molecular formula is C44H27N5O. The average Bonchev–Trinajstić information content (AvgIpc) is 3.73. The Kier molecular flexibility index (Phi) is 6.39. The first kappa shape index (κ1) is 28.1. The van der Waals surface area contributed by atoms with Gasteiger partial charge in [-0.1, -0.05) is 109 Å². The molecule has 0 spiro atoms. The molecule has 0 fully saturated rings. The molecule has 0 atom stereocenters. The molecule has 0 saturated heterocycles. The summed E-state index contributed by atoms with van der Waals surface area (Å²) in [7, 11) is 0. The number of pyridine rings is 1. The maximum atomic E-state index is 6.21. The van der Waals surface area contributed by atoms with Gasteiger partial charge in [-0.3, -0.25) is 4.98 Å². The fraction of sp³-hybridized carbons (Fsp3) is 0. The van der Waals surface area contributed by atoms with Crippen molar-refractivity contribution in [1.29, 1.82) is 0 Å². The Bertz CT molecular complexity index is 2800. The average molecular weight is 642 g/mol. The minimum absolute atomic E-state index is 0.526. The van der Waals surface area contributed by atoms with Crippen LogP contribution in [-0.4, -0.2) is 24.5 Å². The van der Waals surface area contributed by atoms with Crippen LogP contribution in [0.2, 0.25) is 0 Å². The van der Waals surface area contributed by atoms with Crippen LogP contribution in [0.1, 0.15) is 0 Å². The Morgan fingerprint density at radius 2 is 1.00 bits per heavy atom. The zero-order chi connectivity index (χ0) is 33.0. The van der Waals surface area contributed by atoms with Gasteiger partial charge in [-0.25, -0.2) is 15.0 Å². The van der Waals surface area contributed by atoms with Crippen molar-refractivity contribution in [2.75, 3.05) is 0 Å². The van der Waals surface area contributed by atoms with Gasteiger partial charge in [0.1, 0.15) is 16.9 Å². The highest BCUT2D eigenvalue weighted by molar-refractivity contribution is 6.11. The Balaban J connectivity index is 1.07. The van der Waals surface area contributed by atoms with Gasteiger partial charge in [0.15, 0.2) is 17.5 Å². The molecule has 0 unspecified atom stereocenters. The summed E-state index contributed by atoms with van der Waals surface area (Å²) in [6.45, 7) is 0. The van der Waals surface area contributed by atoms with E-state index in [1.54, 1.807) is 0 Å². The zero-order valence-corrected chi connectivity index (χ0v) is 26.7. The summed E-state index contributed by atoms with van der Waals surface area (Å²) in [4.78, 5) is 19.5. The van der Waals surface area contributed by atoms with Crippen molar-refractivity contribution in [2.45, 2.75) is 0 Å². The molecule has 6 aromatic carbocycles. The largest absolute Gasteiger partial charge is 0.456 e. The number of aromatic nitrogens is 5. The fourth-order valence-corrected chi connectivity index (χ4v) is 6.91. The van der Waals surface area contributed by atoms with Gasteiger partial charge in [0.05, 0.1) is 22.9 Å². The minimum Gasteiger partial charge on any atom is -0.456 e. The molecule has 0 saturated carbocycles. The first-order valence-electron chi connectivity index (χ1n) is 16.6. The molecule has 234 valence electrons. The molecule has 4 aromatic heterocycles. The predicted molar refractivity (Wildman–Crippen MR) is 201 cm³/mol. The maximum Gasteiger partial charge on any atom is 0.182 e. The Morgan fingerprint density at radius 3 is 1.74 bits per heavy atom. The molecule has 6 heteroatoms. The lowest BCUT2D eigenvalue weighted by Crippen LogP contribution is -2.02. The van der Waals surface area contributed by atoms with Crippen LogP contribution in [0.5, 0.6) is 0 Å². The molecule has 0 N–H and O–H groups in total. The van der Waals surface area contributed by atoms with E-state index >= 15 is 0 Å². The first-order chi connectivity index (χ1) is 24.8. The summed E-state index contributed by atoms with van der Waals surface area (Å²) >= 11 is 0. The third-order valence-corrected chi connectivity index (χ3v) is 9.32. The molecule has 10 aromatic rings. The van der Waals surface area contributed by atoms with E-state index in [4.69, 9.17) is 24.4 Å².